The highest BCUT2D eigenvalue weighted by Gasteiger charge is 2.11. The average molecular weight is 378 g/mol. The van der Waals surface area contributed by atoms with Crippen molar-refractivity contribution in [1.29, 1.82) is 0 Å². The number of aliphatic carboxylic acids is 1. The molecule has 0 fully saturated rings. The highest BCUT2D eigenvalue weighted by Crippen LogP contribution is 2.33. The van der Waals surface area contributed by atoms with E-state index in [9.17, 15) is 9.59 Å². The molecular formula is C18H22N2O5S. The fourth-order valence-corrected chi connectivity index (χ4v) is 3.16. The van der Waals surface area contributed by atoms with E-state index in [0.717, 1.165) is 10.6 Å². The first-order valence-corrected chi connectivity index (χ1v) is 9.06. The number of hydrogen-bond acceptors (Lipinski definition) is 6. The zero-order valence-electron chi connectivity index (χ0n) is 14.8. The van der Waals surface area contributed by atoms with Crippen LogP contribution in [0.3, 0.4) is 0 Å². The van der Waals surface area contributed by atoms with E-state index >= 15 is 0 Å². The number of amides is 1. The summed E-state index contributed by atoms with van der Waals surface area (Å²) >= 11 is 1.46. The van der Waals surface area contributed by atoms with Crippen LogP contribution in [-0.2, 0) is 16.0 Å². The molecule has 1 heterocycles. The number of ether oxygens (including phenoxy) is 2. The number of hydrogen-bond donors (Lipinski definition) is 2. The summed E-state index contributed by atoms with van der Waals surface area (Å²) in [5, 5.41) is 14.0. The van der Waals surface area contributed by atoms with E-state index in [-0.39, 0.29) is 18.7 Å². The van der Waals surface area contributed by atoms with Crippen LogP contribution in [-0.4, -0.2) is 42.7 Å². The molecular weight excluding hydrogens is 356 g/mol. The normalized spacial score (nSPS) is 10.4. The lowest BCUT2D eigenvalue weighted by atomic mass is 10.2. The molecule has 0 saturated heterocycles. The number of methoxy groups -OCH3 is 2. The Kier molecular flexibility index (Phi) is 7.40. The van der Waals surface area contributed by atoms with Crippen LogP contribution in [0.15, 0.2) is 23.6 Å². The number of carboxylic acid groups (broad SMARTS) is 1. The van der Waals surface area contributed by atoms with Gasteiger partial charge in [-0.15, -0.1) is 11.3 Å². The van der Waals surface area contributed by atoms with Crippen molar-refractivity contribution in [3.05, 3.63) is 29.3 Å². The Hall–Kier alpha value is -2.61. The predicted molar refractivity (Wildman–Crippen MR) is 98.9 cm³/mol. The molecule has 0 bridgehead atoms. The number of benzene rings is 1. The van der Waals surface area contributed by atoms with Crippen molar-refractivity contribution in [2.75, 3.05) is 20.8 Å². The Morgan fingerprint density at radius 3 is 2.65 bits per heavy atom. The van der Waals surface area contributed by atoms with Gasteiger partial charge in [-0.3, -0.25) is 9.59 Å². The van der Waals surface area contributed by atoms with Crippen LogP contribution in [0.25, 0.3) is 10.6 Å². The van der Waals surface area contributed by atoms with E-state index in [1.165, 1.54) is 11.3 Å². The summed E-state index contributed by atoms with van der Waals surface area (Å²) < 4.78 is 10.5. The van der Waals surface area contributed by atoms with Gasteiger partial charge in [0.25, 0.3) is 0 Å². The zero-order valence-corrected chi connectivity index (χ0v) is 15.6. The molecule has 1 amide bonds. The number of nitrogens with one attached hydrogen (secondary N) is 1. The van der Waals surface area contributed by atoms with Crippen LogP contribution >= 0.6 is 11.3 Å². The maximum atomic E-state index is 11.9. The Bertz CT molecular complexity index is 760. The molecule has 2 aromatic rings. The summed E-state index contributed by atoms with van der Waals surface area (Å²) in [4.78, 5) is 26.9. The van der Waals surface area contributed by atoms with E-state index in [1.54, 1.807) is 14.2 Å². The smallest absolute Gasteiger partial charge is 0.303 e. The van der Waals surface area contributed by atoms with Gasteiger partial charge >= 0.3 is 5.97 Å². The van der Waals surface area contributed by atoms with Crippen LogP contribution in [0.5, 0.6) is 11.5 Å². The first-order valence-electron chi connectivity index (χ1n) is 8.18. The number of carbonyl (C=O) groups is 2. The molecule has 7 nitrogen and oxygen atoms in total. The van der Waals surface area contributed by atoms with Gasteiger partial charge < -0.3 is 19.9 Å². The standard InChI is InChI=1S/C18H22N2O5S/c1-24-14-7-6-12(9-15(14)25-2)18-20-13(11-26-18)10-16(21)19-8-4-3-5-17(22)23/h6-7,9,11H,3-5,8,10H2,1-2H3,(H,19,21)(H,22,23). The maximum Gasteiger partial charge on any atom is 0.303 e. The number of rotatable bonds is 10. The van der Waals surface area contributed by atoms with Crippen molar-refractivity contribution in [1.82, 2.24) is 10.3 Å². The number of aromatic nitrogens is 1. The number of carbonyl (C=O) groups excluding carboxylic acids is 1. The van der Waals surface area contributed by atoms with Crippen molar-refractivity contribution in [3.8, 4) is 22.1 Å². The van der Waals surface area contributed by atoms with Gasteiger partial charge in [-0.1, -0.05) is 0 Å². The van der Waals surface area contributed by atoms with E-state index in [4.69, 9.17) is 14.6 Å². The molecule has 140 valence electrons. The fraction of sp³-hybridized carbons (Fsp3) is 0.389. The molecule has 2 N–H and O–H groups in total. The average Bonchev–Trinajstić information content (AvgIpc) is 3.08. The van der Waals surface area contributed by atoms with Crippen molar-refractivity contribution in [2.24, 2.45) is 0 Å². The highest BCUT2D eigenvalue weighted by molar-refractivity contribution is 7.13. The van der Waals surface area contributed by atoms with Gasteiger partial charge in [-0.2, -0.15) is 0 Å². The summed E-state index contributed by atoms with van der Waals surface area (Å²) in [6.45, 7) is 0.471. The Balaban J connectivity index is 1.89. The molecule has 2 rings (SSSR count). The number of carboxylic acids is 1. The largest absolute Gasteiger partial charge is 0.493 e. The third-order valence-electron chi connectivity index (χ3n) is 3.66. The van der Waals surface area contributed by atoms with Crippen LogP contribution < -0.4 is 14.8 Å². The lowest BCUT2D eigenvalue weighted by Gasteiger charge is -2.08. The molecule has 0 aliphatic carbocycles. The van der Waals surface area contributed by atoms with Crippen LogP contribution in [0.2, 0.25) is 0 Å². The zero-order chi connectivity index (χ0) is 18.9. The Labute approximate surface area is 156 Å². The van der Waals surface area contributed by atoms with E-state index in [1.807, 2.05) is 23.6 Å². The second-order valence-corrected chi connectivity index (χ2v) is 6.45. The van der Waals surface area contributed by atoms with Crippen LogP contribution in [0, 0.1) is 0 Å². The minimum Gasteiger partial charge on any atom is -0.493 e. The molecule has 0 saturated carbocycles. The third kappa shape index (κ3) is 5.73. The lowest BCUT2D eigenvalue weighted by Crippen LogP contribution is -2.26. The first-order chi connectivity index (χ1) is 12.5. The van der Waals surface area contributed by atoms with Gasteiger partial charge in [0, 0.05) is 23.9 Å². The second kappa shape index (κ2) is 9.76. The molecule has 0 spiro atoms. The molecule has 0 aliphatic heterocycles. The molecule has 8 heteroatoms. The van der Waals surface area contributed by atoms with Gasteiger partial charge in [0.2, 0.25) is 5.91 Å². The third-order valence-corrected chi connectivity index (χ3v) is 4.60. The SMILES string of the molecule is COc1ccc(-c2nc(CC(=O)NCCCCC(=O)O)cs2)cc1OC. The molecule has 0 unspecified atom stereocenters. The summed E-state index contributed by atoms with van der Waals surface area (Å²) in [5.41, 5.74) is 1.59. The van der Waals surface area contributed by atoms with E-state index in [0.29, 0.717) is 36.6 Å². The minimum atomic E-state index is -0.818. The molecule has 0 atom stereocenters. The molecule has 0 radical (unpaired) electrons. The number of unbranched alkanes of at least 4 members (excludes halogenated alkanes) is 1. The summed E-state index contributed by atoms with van der Waals surface area (Å²) in [6, 6.07) is 5.57. The summed E-state index contributed by atoms with van der Waals surface area (Å²) in [6.07, 6.45) is 1.52. The van der Waals surface area contributed by atoms with Gasteiger partial charge in [0.1, 0.15) is 5.01 Å². The molecule has 1 aromatic heterocycles. The van der Waals surface area contributed by atoms with Gasteiger partial charge in [-0.25, -0.2) is 4.98 Å². The quantitative estimate of drug-likeness (QED) is 0.617. The second-order valence-electron chi connectivity index (χ2n) is 5.59. The van der Waals surface area contributed by atoms with E-state index in [2.05, 4.69) is 10.3 Å². The molecule has 26 heavy (non-hydrogen) atoms. The predicted octanol–water partition coefficient (Wildman–Crippen LogP) is 2.74. The fourth-order valence-electron chi connectivity index (χ4n) is 2.35. The molecule has 0 aliphatic rings. The van der Waals surface area contributed by atoms with Crippen LogP contribution in [0.4, 0.5) is 0 Å². The molecule has 1 aromatic carbocycles. The van der Waals surface area contributed by atoms with Crippen LogP contribution in [0.1, 0.15) is 25.0 Å². The van der Waals surface area contributed by atoms with Crippen molar-refractivity contribution >= 4 is 23.2 Å². The van der Waals surface area contributed by atoms with Gasteiger partial charge in [0.15, 0.2) is 11.5 Å². The van der Waals surface area contributed by atoms with Crippen molar-refractivity contribution < 1.29 is 24.2 Å². The van der Waals surface area contributed by atoms with E-state index < -0.39 is 5.97 Å². The first kappa shape index (κ1) is 19.7. The maximum absolute atomic E-state index is 11.9. The number of thiazole rings is 1. The highest BCUT2D eigenvalue weighted by atomic mass is 32.1. The van der Waals surface area contributed by atoms with Gasteiger partial charge in [0.05, 0.1) is 26.3 Å². The van der Waals surface area contributed by atoms with Gasteiger partial charge in [-0.05, 0) is 31.0 Å². The minimum absolute atomic E-state index is 0.121. The Morgan fingerprint density at radius 2 is 1.96 bits per heavy atom. The monoisotopic (exact) mass is 378 g/mol. The Morgan fingerprint density at radius 1 is 1.19 bits per heavy atom. The topological polar surface area (TPSA) is 97.8 Å². The summed E-state index contributed by atoms with van der Waals surface area (Å²) in [7, 11) is 3.16. The lowest BCUT2D eigenvalue weighted by molar-refractivity contribution is -0.137. The van der Waals surface area contributed by atoms with Crippen molar-refractivity contribution in [3.63, 3.8) is 0 Å². The van der Waals surface area contributed by atoms with Crippen molar-refractivity contribution in [2.45, 2.75) is 25.7 Å². The summed E-state index contributed by atoms with van der Waals surface area (Å²) in [5.74, 6) is 0.335. The number of nitrogens with zero attached hydrogens (tertiary/aromatic N) is 1.